The molecule has 88 valence electrons. The van der Waals surface area contributed by atoms with Crippen LogP contribution >= 0.6 is 0 Å². The van der Waals surface area contributed by atoms with Crippen molar-refractivity contribution in [3.8, 4) is 11.3 Å². The van der Waals surface area contributed by atoms with Crippen LogP contribution in [0.3, 0.4) is 0 Å². The lowest BCUT2D eigenvalue weighted by atomic mass is 10.1. The lowest BCUT2D eigenvalue weighted by Crippen LogP contribution is -1.99. The van der Waals surface area contributed by atoms with Crippen molar-refractivity contribution in [3.63, 3.8) is 0 Å². The molecule has 0 radical (unpaired) electrons. The van der Waals surface area contributed by atoms with Crippen LogP contribution < -0.4 is 5.73 Å². The summed E-state index contributed by atoms with van der Waals surface area (Å²) in [6.07, 6.45) is 4.37. The number of nitrogens with zero attached hydrogens (tertiary/aromatic N) is 3. The Hall–Kier alpha value is -2.56. The SMILES string of the molecule is Nc1ncc(F)c(-c2cncc3ccccc23)n1. The number of fused-ring (bicyclic) bond motifs is 1. The van der Waals surface area contributed by atoms with Gasteiger partial charge in [-0.1, -0.05) is 24.3 Å². The third kappa shape index (κ3) is 1.66. The Morgan fingerprint density at radius 2 is 1.89 bits per heavy atom. The van der Waals surface area contributed by atoms with E-state index in [0.29, 0.717) is 5.56 Å². The third-order valence-electron chi connectivity index (χ3n) is 2.69. The van der Waals surface area contributed by atoms with Crippen LogP contribution in [0, 0.1) is 5.82 Å². The number of rotatable bonds is 1. The van der Waals surface area contributed by atoms with Gasteiger partial charge in [0.15, 0.2) is 5.82 Å². The molecule has 0 atom stereocenters. The van der Waals surface area contributed by atoms with Crippen LogP contribution in [0.5, 0.6) is 0 Å². The summed E-state index contributed by atoms with van der Waals surface area (Å²) in [5.41, 5.74) is 6.28. The zero-order valence-corrected chi connectivity index (χ0v) is 9.34. The maximum absolute atomic E-state index is 13.8. The molecule has 4 nitrogen and oxygen atoms in total. The van der Waals surface area contributed by atoms with Gasteiger partial charge in [0.05, 0.1) is 6.20 Å². The fourth-order valence-corrected chi connectivity index (χ4v) is 1.87. The van der Waals surface area contributed by atoms with Gasteiger partial charge in [0.1, 0.15) is 5.69 Å². The van der Waals surface area contributed by atoms with Crippen LogP contribution in [0.2, 0.25) is 0 Å². The van der Waals surface area contributed by atoms with E-state index >= 15 is 0 Å². The molecule has 2 N–H and O–H groups in total. The van der Waals surface area contributed by atoms with Crippen molar-refractivity contribution in [2.24, 2.45) is 0 Å². The van der Waals surface area contributed by atoms with Crippen molar-refractivity contribution in [1.82, 2.24) is 15.0 Å². The number of pyridine rings is 1. The van der Waals surface area contributed by atoms with Crippen molar-refractivity contribution in [2.45, 2.75) is 0 Å². The lowest BCUT2D eigenvalue weighted by molar-refractivity contribution is 0.619. The molecule has 2 heterocycles. The van der Waals surface area contributed by atoms with Gasteiger partial charge in [-0.25, -0.2) is 14.4 Å². The lowest BCUT2D eigenvalue weighted by Gasteiger charge is -2.06. The zero-order chi connectivity index (χ0) is 12.5. The van der Waals surface area contributed by atoms with Gasteiger partial charge in [-0.05, 0) is 5.39 Å². The number of aromatic nitrogens is 3. The molecule has 3 rings (SSSR count). The molecule has 0 spiro atoms. The summed E-state index contributed by atoms with van der Waals surface area (Å²) in [6, 6.07) is 7.59. The number of nitrogens with two attached hydrogens (primary N) is 1. The zero-order valence-electron chi connectivity index (χ0n) is 9.34. The maximum atomic E-state index is 13.8. The molecule has 5 heteroatoms. The van der Waals surface area contributed by atoms with Crippen LogP contribution in [-0.2, 0) is 0 Å². The molecular formula is C13H9FN4. The van der Waals surface area contributed by atoms with E-state index < -0.39 is 5.82 Å². The van der Waals surface area contributed by atoms with E-state index in [-0.39, 0.29) is 11.6 Å². The van der Waals surface area contributed by atoms with Crippen molar-refractivity contribution in [1.29, 1.82) is 0 Å². The number of hydrogen-bond acceptors (Lipinski definition) is 4. The van der Waals surface area contributed by atoms with E-state index in [1.807, 2.05) is 24.3 Å². The molecular weight excluding hydrogens is 231 g/mol. The number of halogens is 1. The Morgan fingerprint density at radius 3 is 2.78 bits per heavy atom. The van der Waals surface area contributed by atoms with E-state index in [1.165, 1.54) is 0 Å². The monoisotopic (exact) mass is 240 g/mol. The molecule has 18 heavy (non-hydrogen) atoms. The summed E-state index contributed by atoms with van der Waals surface area (Å²) in [5, 5.41) is 1.80. The number of nitrogen functional groups attached to an aromatic ring is 1. The normalized spacial score (nSPS) is 10.7. The van der Waals surface area contributed by atoms with E-state index in [2.05, 4.69) is 15.0 Å². The van der Waals surface area contributed by atoms with Crippen LogP contribution in [0.4, 0.5) is 10.3 Å². The molecule has 0 aliphatic heterocycles. The number of benzene rings is 1. The Morgan fingerprint density at radius 1 is 1.06 bits per heavy atom. The summed E-state index contributed by atoms with van der Waals surface area (Å²) in [7, 11) is 0. The molecule has 0 saturated heterocycles. The molecule has 0 bridgehead atoms. The minimum absolute atomic E-state index is 0.0411. The van der Waals surface area contributed by atoms with Gasteiger partial charge in [-0.15, -0.1) is 0 Å². The van der Waals surface area contributed by atoms with Crippen LogP contribution in [0.1, 0.15) is 0 Å². The molecule has 0 unspecified atom stereocenters. The van der Waals surface area contributed by atoms with E-state index in [9.17, 15) is 4.39 Å². The van der Waals surface area contributed by atoms with E-state index in [0.717, 1.165) is 17.0 Å². The minimum atomic E-state index is -0.512. The second-order valence-electron chi connectivity index (χ2n) is 3.83. The largest absolute Gasteiger partial charge is 0.368 e. The fraction of sp³-hybridized carbons (Fsp3) is 0. The average Bonchev–Trinajstić information content (AvgIpc) is 2.41. The summed E-state index contributed by atoms with van der Waals surface area (Å²) in [6.45, 7) is 0. The van der Waals surface area contributed by atoms with Gasteiger partial charge in [-0.3, -0.25) is 4.98 Å². The van der Waals surface area contributed by atoms with Gasteiger partial charge in [0.25, 0.3) is 0 Å². The van der Waals surface area contributed by atoms with Crippen molar-refractivity contribution < 1.29 is 4.39 Å². The highest BCUT2D eigenvalue weighted by atomic mass is 19.1. The summed E-state index contributed by atoms with van der Waals surface area (Å²) in [4.78, 5) is 11.7. The maximum Gasteiger partial charge on any atom is 0.220 e. The highest BCUT2D eigenvalue weighted by Gasteiger charge is 2.11. The topological polar surface area (TPSA) is 64.7 Å². The predicted molar refractivity (Wildman–Crippen MR) is 67.1 cm³/mol. The van der Waals surface area contributed by atoms with Crippen molar-refractivity contribution >= 4 is 16.7 Å². The standard InChI is InChI=1S/C13H9FN4/c14-11-7-17-13(15)18-12(11)10-6-16-5-8-3-1-2-4-9(8)10/h1-7H,(H2,15,17,18). The Balaban J connectivity index is 2.35. The summed E-state index contributed by atoms with van der Waals surface area (Å²) >= 11 is 0. The van der Waals surface area contributed by atoms with Crippen molar-refractivity contribution in [2.75, 3.05) is 5.73 Å². The average molecular weight is 240 g/mol. The van der Waals surface area contributed by atoms with E-state index in [4.69, 9.17) is 5.73 Å². The van der Waals surface area contributed by atoms with Crippen LogP contribution in [0.25, 0.3) is 22.0 Å². The molecule has 2 aromatic heterocycles. The molecule has 0 amide bonds. The first-order valence-corrected chi connectivity index (χ1v) is 5.37. The van der Waals surface area contributed by atoms with Gasteiger partial charge in [0.2, 0.25) is 5.95 Å². The highest BCUT2D eigenvalue weighted by Crippen LogP contribution is 2.27. The van der Waals surface area contributed by atoms with Gasteiger partial charge in [0, 0.05) is 23.3 Å². The van der Waals surface area contributed by atoms with Crippen LogP contribution in [-0.4, -0.2) is 15.0 Å². The first kappa shape index (κ1) is 10.6. The molecule has 3 aromatic rings. The first-order valence-electron chi connectivity index (χ1n) is 5.37. The molecule has 0 aliphatic rings. The van der Waals surface area contributed by atoms with Gasteiger partial charge < -0.3 is 5.73 Å². The highest BCUT2D eigenvalue weighted by molar-refractivity contribution is 5.94. The van der Waals surface area contributed by atoms with E-state index in [1.54, 1.807) is 12.4 Å². The third-order valence-corrected chi connectivity index (χ3v) is 2.69. The molecule has 0 fully saturated rings. The first-order chi connectivity index (χ1) is 8.75. The minimum Gasteiger partial charge on any atom is -0.368 e. The Kier molecular flexibility index (Phi) is 2.37. The number of anilines is 1. The van der Waals surface area contributed by atoms with Crippen LogP contribution in [0.15, 0.2) is 42.9 Å². The second kappa shape index (κ2) is 4.03. The smallest absolute Gasteiger partial charge is 0.220 e. The summed E-state index contributed by atoms with van der Waals surface area (Å²) < 4.78 is 13.8. The quantitative estimate of drug-likeness (QED) is 0.709. The predicted octanol–water partition coefficient (Wildman–Crippen LogP) is 2.41. The Bertz CT molecular complexity index is 722. The Labute approximate surface area is 102 Å². The van der Waals surface area contributed by atoms with Gasteiger partial charge >= 0.3 is 0 Å². The molecule has 1 aromatic carbocycles. The fourth-order valence-electron chi connectivity index (χ4n) is 1.87. The van der Waals surface area contributed by atoms with Gasteiger partial charge in [-0.2, -0.15) is 0 Å². The molecule has 0 saturated carbocycles. The number of hydrogen-bond donors (Lipinski definition) is 1. The molecule has 0 aliphatic carbocycles. The summed E-state index contributed by atoms with van der Waals surface area (Å²) in [5.74, 6) is -0.471. The second-order valence-corrected chi connectivity index (χ2v) is 3.83. The van der Waals surface area contributed by atoms with Crippen molar-refractivity contribution in [3.05, 3.63) is 48.7 Å².